The number of aromatic nitrogens is 1. The number of nitrogens with zero attached hydrogens (tertiary/aromatic N) is 2. The molecule has 1 aliphatic carbocycles. The van der Waals surface area contributed by atoms with Crippen LogP contribution < -0.4 is 5.32 Å². The molecule has 0 spiro atoms. The zero-order valence-corrected chi connectivity index (χ0v) is 23.2. The molecule has 2 aromatic carbocycles. The summed E-state index contributed by atoms with van der Waals surface area (Å²) < 4.78 is 46.3. The molecule has 2 atom stereocenters. The average Bonchev–Trinajstić information content (AvgIpc) is 3.56. The molecule has 1 saturated heterocycles. The van der Waals surface area contributed by atoms with Gasteiger partial charge >= 0.3 is 5.97 Å². The molecule has 2 N–H and O–H groups in total. The summed E-state index contributed by atoms with van der Waals surface area (Å²) in [6.07, 6.45) is 3.05. The van der Waals surface area contributed by atoms with Gasteiger partial charge in [-0.3, -0.25) is 9.59 Å². The number of amides is 1. The third-order valence-electron chi connectivity index (χ3n) is 8.13. The highest BCUT2D eigenvalue weighted by atomic mass is 19.1. The minimum absolute atomic E-state index is 0.0210. The Morgan fingerprint density at radius 3 is 2.66 bits per heavy atom. The van der Waals surface area contributed by atoms with Gasteiger partial charge in [-0.1, -0.05) is 12.1 Å². The maximum atomic E-state index is 15.5. The number of ether oxygens (including phenoxy) is 2. The van der Waals surface area contributed by atoms with Gasteiger partial charge in [-0.25, -0.2) is 8.78 Å². The summed E-state index contributed by atoms with van der Waals surface area (Å²) in [5.41, 5.74) is 1.61. The van der Waals surface area contributed by atoms with E-state index in [2.05, 4.69) is 10.3 Å². The van der Waals surface area contributed by atoms with Crippen molar-refractivity contribution in [3.05, 3.63) is 53.1 Å². The van der Waals surface area contributed by atoms with Crippen LogP contribution in [-0.4, -0.2) is 65.9 Å². The monoisotopic (exact) mass is 571 g/mol. The maximum Gasteiger partial charge on any atom is 0.306 e. The zero-order valence-electron chi connectivity index (χ0n) is 23.2. The number of hydrogen-bond acceptors (Lipinski definition) is 7. The van der Waals surface area contributed by atoms with Crippen LogP contribution >= 0.6 is 0 Å². The molecule has 2 heterocycles. The molecule has 9 nitrogen and oxygen atoms in total. The summed E-state index contributed by atoms with van der Waals surface area (Å²) in [5.74, 6) is -2.25. The van der Waals surface area contributed by atoms with Gasteiger partial charge < -0.3 is 29.2 Å². The minimum atomic E-state index is -0.761. The van der Waals surface area contributed by atoms with Gasteiger partial charge in [-0.2, -0.15) is 4.98 Å². The molecule has 2 aliphatic rings. The molecule has 41 heavy (non-hydrogen) atoms. The number of benzene rings is 2. The van der Waals surface area contributed by atoms with E-state index in [0.29, 0.717) is 57.6 Å². The average molecular weight is 572 g/mol. The van der Waals surface area contributed by atoms with Gasteiger partial charge in [0.1, 0.15) is 11.3 Å². The summed E-state index contributed by atoms with van der Waals surface area (Å²) in [5, 5.41) is 12.1. The number of rotatable bonds is 10. The summed E-state index contributed by atoms with van der Waals surface area (Å²) in [6.45, 7) is 3.13. The predicted octanol–water partition coefficient (Wildman–Crippen LogP) is 5.22. The van der Waals surface area contributed by atoms with E-state index in [1.54, 1.807) is 31.1 Å². The zero-order chi connectivity index (χ0) is 29.1. The lowest BCUT2D eigenvalue weighted by atomic mass is 9.87. The molecule has 1 amide bonds. The number of hydrogen-bond donors (Lipinski definition) is 2. The van der Waals surface area contributed by atoms with Crippen LogP contribution in [0.4, 0.5) is 20.5 Å². The Labute approximate surface area is 236 Å². The fraction of sp³-hybridized carbons (Fsp3) is 0.500. The second kappa shape index (κ2) is 12.5. The summed E-state index contributed by atoms with van der Waals surface area (Å²) in [4.78, 5) is 30.7. The molecule has 3 aromatic rings. The Balaban J connectivity index is 1.26. The molecule has 0 bridgehead atoms. The van der Waals surface area contributed by atoms with E-state index in [4.69, 9.17) is 13.9 Å². The number of nitrogens with one attached hydrogen (secondary N) is 1. The van der Waals surface area contributed by atoms with Crippen molar-refractivity contribution >= 4 is 34.7 Å². The fourth-order valence-electron chi connectivity index (χ4n) is 5.86. The highest BCUT2D eigenvalue weighted by molar-refractivity contribution is 5.83. The molecular formula is C30H35F2N3O6. The van der Waals surface area contributed by atoms with Crippen molar-refractivity contribution < 1.29 is 37.4 Å². The number of likely N-dealkylation sites (tertiary alicyclic amines) is 1. The van der Waals surface area contributed by atoms with Gasteiger partial charge in [-0.15, -0.1) is 0 Å². The Hall–Kier alpha value is -3.57. The second-order valence-electron chi connectivity index (χ2n) is 11.1. The molecule has 0 unspecified atom stereocenters. The first-order valence-corrected chi connectivity index (χ1v) is 14.0. The molecule has 5 rings (SSSR count). The third-order valence-corrected chi connectivity index (χ3v) is 8.13. The number of carbonyl (C=O) groups is 2. The van der Waals surface area contributed by atoms with Gasteiger partial charge in [-0.05, 0) is 62.8 Å². The summed E-state index contributed by atoms with van der Waals surface area (Å²) in [7, 11) is 1.62. The first kappa shape index (κ1) is 28.9. The molecule has 1 saturated carbocycles. The minimum Gasteiger partial charge on any atom is -0.481 e. The van der Waals surface area contributed by atoms with E-state index in [1.807, 2.05) is 0 Å². The topological polar surface area (TPSA) is 114 Å². The first-order valence-electron chi connectivity index (χ1n) is 14.0. The SMILES string of the molecule is COC[C@H]1C[C@@H](CO[C@H]2CC[C@H](C(=O)O)CC2)N(C(=O)Cc2ccc3nc(Nc4cc(F)ccc4C)oc3c2F)C1. The van der Waals surface area contributed by atoms with Gasteiger partial charge in [0.2, 0.25) is 5.91 Å². The lowest BCUT2D eigenvalue weighted by Gasteiger charge is -2.30. The molecule has 1 aromatic heterocycles. The molecule has 1 aliphatic heterocycles. The largest absolute Gasteiger partial charge is 0.481 e. The predicted molar refractivity (Wildman–Crippen MR) is 147 cm³/mol. The van der Waals surface area contributed by atoms with Gasteiger partial charge in [0.15, 0.2) is 11.4 Å². The highest BCUT2D eigenvalue weighted by Crippen LogP contribution is 2.31. The van der Waals surface area contributed by atoms with Crippen molar-refractivity contribution in [1.29, 1.82) is 0 Å². The van der Waals surface area contributed by atoms with Crippen LogP contribution in [0.1, 0.15) is 43.2 Å². The van der Waals surface area contributed by atoms with E-state index in [9.17, 15) is 19.1 Å². The van der Waals surface area contributed by atoms with E-state index in [0.717, 1.165) is 5.56 Å². The molecule has 2 fully saturated rings. The number of fused-ring (bicyclic) bond motifs is 1. The van der Waals surface area contributed by atoms with Gasteiger partial charge in [0.05, 0.1) is 37.7 Å². The quantitative estimate of drug-likeness (QED) is 0.340. The van der Waals surface area contributed by atoms with E-state index < -0.39 is 17.6 Å². The Kier molecular flexibility index (Phi) is 8.84. The number of aliphatic carboxylic acids is 1. The second-order valence-corrected chi connectivity index (χ2v) is 11.1. The number of carbonyl (C=O) groups excluding carboxylic acids is 1. The van der Waals surface area contributed by atoms with Crippen LogP contribution in [-0.2, 0) is 25.5 Å². The lowest BCUT2D eigenvalue weighted by Crippen LogP contribution is -2.40. The Bertz CT molecular complexity index is 1400. The van der Waals surface area contributed by atoms with Crippen molar-refractivity contribution in [3.8, 4) is 0 Å². The third kappa shape index (κ3) is 6.68. The van der Waals surface area contributed by atoms with E-state index >= 15 is 4.39 Å². The molecule has 0 radical (unpaired) electrons. The van der Waals surface area contributed by atoms with Crippen LogP contribution in [0.25, 0.3) is 11.1 Å². The molecule has 220 valence electrons. The van der Waals surface area contributed by atoms with Gasteiger partial charge in [0.25, 0.3) is 6.01 Å². The number of halogens is 2. The highest BCUT2D eigenvalue weighted by Gasteiger charge is 2.36. The van der Waals surface area contributed by atoms with Crippen LogP contribution in [0.3, 0.4) is 0 Å². The molecular weight excluding hydrogens is 536 g/mol. The number of carboxylic acids is 1. The van der Waals surface area contributed by atoms with Crippen molar-refractivity contribution in [2.24, 2.45) is 11.8 Å². The first-order chi connectivity index (χ1) is 19.7. The Morgan fingerprint density at radius 2 is 1.93 bits per heavy atom. The van der Waals surface area contributed by atoms with Crippen molar-refractivity contribution in [1.82, 2.24) is 9.88 Å². The van der Waals surface area contributed by atoms with E-state index in [-0.39, 0.29) is 59.0 Å². The van der Waals surface area contributed by atoms with E-state index in [1.165, 1.54) is 18.2 Å². The van der Waals surface area contributed by atoms with Crippen molar-refractivity contribution in [2.45, 2.75) is 57.6 Å². The standard InChI is InChI=1S/C30H35F2N3O6/c1-17-3-7-21(31)13-25(17)34-30-33-24-10-6-20(27(32)28(24)41-30)12-26(36)35-14-18(15-39-2)11-22(35)16-40-23-8-4-19(5-9-23)29(37)38/h3,6-7,10,13,18-19,22-23H,4-5,8-9,11-12,14-16H2,1-2H3,(H,33,34)(H,37,38)/t18-,19-,22-,23-/m0/s1. The number of aryl methyl sites for hydroxylation is 1. The van der Waals surface area contributed by atoms with Crippen LogP contribution in [0.15, 0.2) is 34.7 Å². The normalized spacial score (nSPS) is 22.8. The summed E-state index contributed by atoms with van der Waals surface area (Å²) >= 11 is 0. The number of carboxylic acid groups (broad SMARTS) is 1. The van der Waals surface area contributed by atoms with Crippen molar-refractivity contribution in [3.63, 3.8) is 0 Å². The Morgan fingerprint density at radius 1 is 1.15 bits per heavy atom. The number of anilines is 2. The van der Waals surface area contributed by atoms with Crippen LogP contribution in [0, 0.1) is 30.4 Å². The van der Waals surface area contributed by atoms with Crippen LogP contribution in [0.5, 0.6) is 0 Å². The lowest BCUT2D eigenvalue weighted by molar-refractivity contribution is -0.144. The number of oxazole rings is 1. The van der Waals surface area contributed by atoms with Gasteiger partial charge in [0, 0.05) is 30.8 Å². The summed E-state index contributed by atoms with van der Waals surface area (Å²) in [6, 6.07) is 7.23. The smallest absolute Gasteiger partial charge is 0.306 e. The van der Waals surface area contributed by atoms with Crippen molar-refractivity contribution in [2.75, 3.05) is 32.2 Å². The van der Waals surface area contributed by atoms with Crippen LogP contribution in [0.2, 0.25) is 0 Å². The molecule has 11 heteroatoms. The number of methoxy groups -OCH3 is 1. The maximum absolute atomic E-state index is 15.5. The fourth-order valence-corrected chi connectivity index (χ4v) is 5.86.